The van der Waals surface area contributed by atoms with E-state index in [-0.39, 0.29) is 28.7 Å². The molecule has 0 spiro atoms. The first kappa shape index (κ1) is 18.2. The maximum Gasteiger partial charge on any atom is 0.269 e. The summed E-state index contributed by atoms with van der Waals surface area (Å²) < 4.78 is 1.07. The number of non-ortho nitro benzene ring substituents is 1. The lowest BCUT2D eigenvalue weighted by Crippen LogP contribution is -2.50. The summed E-state index contributed by atoms with van der Waals surface area (Å²) in [5.41, 5.74) is 11.3. The number of hydrogen-bond donors (Lipinski definition) is 3. The van der Waals surface area contributed by atoms with Gasteiger partial charge in [-0.1, -0.05) is 28.1 Å². The molecule has 4 N–H and O–H groups in total. The highest BCUT2D eigenvalue weighted by Gasteiger charge is 2.29. The molecule has 0 bridgehead atoms. The molecule has 3 aromatic rings. The molecule has 0 aliphatic heterocycles. The van der Waals surface area contributed by atoms with E-state index in [1.807, 2.05) is 6.07 Å². The highest BCUT2D eigenvalue weighted by atomic mass is 79.9. The fourth-order valence-electron chi connectivity index (χ4n) is 3.92. The van der Waals surface area contributed by atoms with E-state index in [0.29, 0.717) is 0 Å². The zero-order chi connectivity index (χ0) is 19.1. The first-order valence-corrected chi connectivity index (χ1v) is 9.76. The van der Waals surface area contributed by atoms with Crippen LogP contribution in [0.5, 0.6) is 0 Å². The second-order valence-electron chi connectivity index (χ2n) is 7.19. The van der Waals surface area contributed by atoms with Gasteiger partial charge in [0.15, 0.2) is 0 Å². The highest BCUT2D eigenvalue weighted by molar-refractivity contribution is 9.10. The van der Waals surface area contributed by atoms with Crippen molar-refractivity contribution in [3.63, 3.8) is 0 Å². The van der Waals surface area contributed by atoms with Crippen LogP contribution >= 0.6 is 15.9 Å². The number of hydrogen-bond acceptors (Lipinski definition) is 4. The molecule has 27 heavy (non-hydrogen) atoms. The minimum Gasteiger partial charge on any atom is -0.358 e. The number of nitro benzene ring substituents is 1. The fraction of sp³-hybridized carbons (Fsp3) is 0.300. The van der Waals surface area contributed by atoms with Crippen molar-refractivity contribution in [3.05, 3.63) is 73.9 Å². The van der Waals surface area contributed by atoms with Crippen molar-refractivity contribution < 1.29 is 4.92 Å². The van der Waals surface area contributed by atoms with Crippen molar-refractivity contribution in [1.82, 2.24) is 10.3 Å². The van der Waals surface area contributed by atoms with Crippen LogP contribution in [0.4, 0.5) is 5.69 Å². The molecular weight excluding hydrogens is 408 g/mol. The summed E-state index contributed by atoms with van der Waals surface area (Å²) in [4.78, 5) is 14.0. The average Bonchev–Trinajstić information content (AvgIpc) is 2.98. The van der Waals surface area contributed by atoms with Gasteiger partial charge in [0, 0.05) is 57.7 Å². The molecule has 0 saturated carbocycles. The van der Waals surface area contributed by atoms with Gasteiger partial charge >= 0.3 is 0 Å². The Bertz CT molecular complexity index is 999. The van der Waals surface area contributed by atoms with Gasteiger partial charge < -0.3 is 16.0 Å². The van der Waals surface area contributed by atoms with E-state index < -0.39 is 0 Å². The van der Waals surface area contributed by atoms with Gasteiger partial charge in [-0.15, -0.1) is 0 Å². The Morgan fingerprint density at radius 2 is 2.00 bits per heavy atom. The van der Waals surface area contributed by atoms with E-state index in [1.165, 1.54) is 16.6 Å². The monoisotopic (exact) mass is 428 g/mol. The van der Waals surface area contributed by atoms with Gasteiger partial charge in [0.1, 0.15) is 0 Å². The van der Waals surface area contributed by atoms with Crippen LogP contribution in [0.25, 0.3) is 10.9 Å². The van der Waals surface area contributed by atoms with Gasteiger partial charge in [0.2, 0.25) is 0 Å². The smallest absolute Gasteiger partial charge is 0.269 e. The third-order valence-electron chi connectivity index (χ3n) is 5.41. The van der Waals surface area contributed by atoms with Gasteiger partial charge in [0.05, 0.1) is 4.92 Å². The third-order valence-corrected chi connectivity index (χ3v) is 5.90. The van der Waals surface area contributed by atoms with Gasteiger partial charge in [0.25, 0.3) is 5.69 Å². The van der Waals surface area contributed by atoms with Crippen molar-refractivity contribution in [2.24, 2.45) is 5.73 Å². The maximum absolute atomic E-state index is 10.8. The Labute approximate surface area is 165 Å². The number of halogens is 1. The summed E-state index contributed by atoms with van der Waals surface area (Å²) in [5.74, 6) is 0. The molecule has 0 amide bonds. The lowest BCUT2D eigenvalue weighted by atomic mass is 9.87. The average molecular weight is 429 g/mol. The van der Waals surface area contributed by atoms with E-state index in [2.05, 4.69) is 45.3 Å². The maximum atomic E-state index is 10.8. The summed E-state index contributed by atoms with van der Waals surface area (Å²) in [5, 5.41) is 15.7. The first-order valence-electron chi connectivity index (χ1n) is 8.97. The van der Waals surface area contributed by atoms with Crippen LogP contribution in [0.3, 0.4) is 0 Å². The molecule has 2 aromatic carbocycles. The van der Waals surface area contributed by atoms with E-state index in [9.17, 15) is 10.1 Å². The van der Waals surface area contributed by atoms with Crippen LogP contribution in [-0.2, 0) is 12.8 Å². The standard InChI is InChI=1S/C20H21BrN4O2/c1-11(12-2-5-14(6-3-12)25(26)27)23-20-9-16-15-8-13(21)4-7-18(15)24-19(16)10-17(20)22/h2-8,11,17,20,23-24H,9-10,22H2,1H3/t11?,17?,20-/m0/s1. The van der Waals surface area contributed by atoms with E-state index in [0.717, 1.165) is 28.4 Å². The molecule has 2 unspecified atom stereocenters. The molecular formula is C20H21BrN4O2. The molecule has 6 nitrogen and oxygen atoms in total. The number of nitrogens with zero attached hydrogens (tertiary/aromatic N) is 1. The molecule has 4 rings (SSSR count). The Hall–Kier alpha value is -2.22. The van der Waals surface area contributed by atoms with Gasteiger partial charge in [-0.2, -0.15) is 0 Å². The predicted molar refractivity (Wildman–Crippen MR) is 110 cm³/mol. The van der Waals surface area contributed by atoms with E-state index >= 15 is 0 Å². The lowest BCUT2D eigenvalue weighted by Gasteiger charge is -2.32. The van der Waals surface area contributed by atoms with Crippen molar-refractivity contribution in [1.29, 1.82) is 0 Å². The SMILES string of the molecule is CC(N[C@H]1Cc2c([nH]c3ccc(Br)cc23)CC1N)c1ccc([N+](=O)[O-])cc1. The number of aromatic amines is 1. The van der Waals surface area contributed by atoms with Crippen molar-refractivity contribution >= 4 is 32.5 Å². The van der Waals surface area contributed by atoms with Crippen molar-refractivity contribution in [2.75, 3.05) is 0 Å². The highest BCUT2D eigenvalue weighted by Crippen LogP contribution is 2.31. The van der Waals surface area contributed by atoms with Crippen LogP contribution in [0.2, 0.25) is 0 Å². The summed E-state index contributed by atoms with van der Waals surface area (Å²) in [6.45, 7) is 2.06. The molecule has 1 heterocycles. The summed E-state index contributed by atoms with van der Waals surface area (Å²) in [7, 11) is 0. The van der Waals surface area contributed by atoms with Gasteiger partial charge in [-0.05, 0) is 42.7 Å². The molecule has 0 radical (unpaired) electrons. The van der Waals surface area contributed by atoms with Crippen LogP contribution in [0.15, 0.2) is 46.9 Å². The number of benzene rings is 2. The Morgan fingerprint density at radius 1 is 1.26 bits per heavy atom. The summed E-state index contributed by atoms with van der Waals surface area (Å²) in [6.07, 6.45) is 1.65. The molecule has 0 saturated heterocycles. The quantitative estimate of drug-likeness (QED) is 0.432. The zero-order valence-electron chi connectivity index (χ0n) is 14.9. The van der Waals surface area contributed by atoms with Crippen LogP contribution < -0.4 is 11.1 Å². The first-order chi connectivity index (χ1) is 12.9. The largest absolute Gasteiger partial charge is 0.358 e. The summed E-state index contributed by atoms with van der Waals surface area (Å²) in [6, 6.07) is 13.2. The minimum atomic E-state index is -0.379. The molecule has 0 fully saturated rings. The number of aromatic nitrogens is 1. The van der Waals surface area contributed by atoms with Crippen LogP contribution in [0, 0.1) is 10.1 Å². The Kier molecular flexibility index (Phi) is 4.75. The number of fused-ring (bicyclic) bond motifs is 3. The number of H-pyrrole nitrogens is 1. The van der Waals surface area contributed by atoms with Crippen molar-refractivity contribution in [3.8, 4) is 0 Å². The van der Waals surface area contributed by atoms with E-state index in [1.54, 1.807) is 24.3 Å². The van der Waals surface area contributed by atoms with Gasteiger partial charge in [-0.25, -0.2) is 0 Å². The molecule has 1 aromatic heterocycles. The van der Waals surface area contributed by atoms with Crippen LogP contribution in [-0.4, -0.2) is 22.0 Å². The predicted octanol–water partition coefficient (Wildman–Crippen LogP) is 3.98. The molecule has 1 aliphatic carbocycles. The number of nitro groups is 1. The lowest BCUT2D eigenvalue weighted by molar-refractivity contribution is -0.384. The van der Waals surface area contributed by atoms with Gasteiger partial charge in [-0.3, -0.25) is 10.1 Å². The van der Waals surface area contributed by atoms with Crippen molar-refractivity contribution in [2.45, 2.75) is 37.9 Å². The molecule has 1 aliphatic rings. The topological polar surface area (TPSA) is 97.0 Å². The molecule has 3 atom stereocenters. The Morgan fingerprint density at radius 3 is 2.70 bits per heavy atom. The Balaban J connectivity index is 1.55. The summed E-state index contributed by atoms with van der Waals surface area (Å²) >= 11 is 3.56. The zero-order valence-corrected chi connectivity index (χ0v) is 16.5. The molecule has 140 valence electrons. The van der Waals surface area contributed by atoms with E-state index in [4.69, 9.17) is 5.73 Å². The second-order valence-corrected chi connectivity index (χ2v) is 8.10. The minimum absolute atomic E-state index is 0.00880. The molecule has 7 heteroatoms. The second kappa shape index (κ2) is 7.07. The number of rotatable bonds is 4. The third kappa shape index (κ3) is 3.50. The van der Waals surface area contributed by atoms with Crippen LogP contribution in [0.1, 0.15) is 29.8 Å². The number of nitrogens with one attached hydrogen (secondary N) is 2. The number of nitrogens with two attached hydrogens (primary N) is 1. The normalized spacial score (nSPS) is 20.4. The fourth-order valence-corrected chi connectivity index (χ4v) is 4.28.